The fourth-order valence-corrected chi connectivity index (χ4v) is 3.92. The van der Waals surface area contributed by atoms with Crippen LogP contribution in [-0.2, 0) is 6.54 Å². The fourth-order valence-electron chi connectivity index (χ4n) is 3.12. The van der Waals surface area contributed by atoms with Gasteiger partial charge >= 0.3 is 0 Å². The van der Waals surface area contributed by atoms with Crippen molar-refractivity contribution in [2.45, 2.75) is 39.3 Å². The van der Waals surface area contributed by atoms with E-state index in [-0.39, 0.29) is 0 Å². The third kappa shape index (κ3) is 2.84. The van der Waals surface area contributed by atoms with Crippen LogP contribution in [0.5, 0.6) is 0 Å². The molecule has 3 aromatic heterocycles. The Morgan fingerprint density at radius 2 is 2.22 bits per heavy atom. The van der Waals surface area contributed by atoms with E-state index >= 15 is 0 Å². The molecule has 1 unspecified atom stereocenters. The van der Waals surface area contributed by atoms with Crippen molar-refractivity contribution in [3.05, 3.63) is 45.9 Å². The number of oxazole rings is 1. The molecule has 1 aliphatic rings. The summed E-state index contributed by atoms with van der Waals surface area (Å²) in [5, 5.41) is 3.25. The topological polar surface area (TPSA) is 55.3 Å². The van der Waals surface area contributed by atoms with Gasteiger partial charge in [0, 0.05) is 18.1 Å². The highest BCUT2D eigenvalue weighted by molar-refractivity contribution is 7.09. The predicted molar refractivity (Wildman–Crippen MR) is 88.2 cm³/mol. The van der Waals surface area contributed by atoms with Crippen molar-refractivity contribution >= 4 is 11.3 Å². The number of rotatable bonds is 4. The van der Waals surface area contributed by atoms with Crippen LogP contribution in [-0.4, -0.2) is 21.4 Å². The monoisotopic (exact) mass is 329 g/mol. The van der Waals surface area contributed by atoms with Crippen LogP contribution < -0.4 is 0 Å². The summed E-state index contributed by atoms with van der Waals surface area (Å²) < 4.78 is 11.4. The third-order valence-electron chi connectivity index (χ3n) is 4.30. The minimum atomic E-state index is 0.403. The Labute approximate surface area is 139 Å². The van der Waals surface area contributed by atoms with E-state index in [9.17, 15) is 0 Å². The van der Waals surface area contributed by atoms with Crippen molar-refractivity contribution < 1.29 is 8.83 Å². The molecule has 23 heavy (non-hydrogen) atoms. The van der Waals surface area contributed by atoms with Crippen LogP contribution in [0.3, 0.4) is 0 Å². The number of aryl methyl sites for hydroxylation is 2. The zero-order chi connectivity index (χ0) is 15.8. The van der Waals surface area contributed by atoms with Crippen LogP contribution in [0.2, 0.25) is 0 Å². The van der Waals surface area contributed by atoms with E-state index in [1.165, 1.54) is 11.4 Å². The quantitative estimate of drug-likeness (QED) is 0.712. The number of hydrogen-bond donors (Lipinski definition) is 0. The molecule has 4 rings (SSSR count). The van der Waals surface area contributed by atoms with Crippen molar-refractivity contribution in [3.8, 4) is 11.7 Å². The molecule has 0 N–H and O–H groups in total. The number of nitrogens with zero attached hydrogens (tertiary/aromatic N) is 3. The highest BCUT2D eigenvalue weighted by Gasteiger charge is 2.29. The lowest BCUT2D eigenvalue weighted by Gasteiger charge is -2.21. The Morgan fingerprint density at radius 1 is 1.30 bits per heavy atom. The summed E-state index contributed by atoms with van der Waals surface area (Å²) in [7, 11) is 0. The number of aromatic nitrogens is 2. The Hall–Kier alpha value is -1.92. The van der Waals surface area contributed by atoms with Crippen LogP contribution in [0.25, 0.3) is 11.7 Å². The molecule has 4 heterocycles. The fraction of sp³-hybridized carbons (Fsp3) is 0.412. The number of thiazole rings is 1. The van der Waals surface area contributed by atoms with E-state index in [2.05, 4.69) is 14.9 Å². The van der Waals surface area contributed by atoms with Gasteiger partial charge in [-0.15, -0.1) is 11.3 Å². The highest BCUT2D eigenvalue weighted by Crippen LogP contribution is 2.35. The number of hydrogen-bond acceptors (Lipinski definition) is 6. The summed E-state index contributed by atoms with van der Waals surface area (Å²) in [5.41, 5.74) is 0.984. The Morgan fingerprint density at radius 3 is 2.96 bits per heavy atom. The summed E-state index contributed by atoms with van der Waals surface area (Å²) >= 11 is 1.73. The molecule has 1 aliphatic heterocycles. The second kappa shape index (κ2) is 5.94. The average molecular weight is 329 g/mol. The van der Waals surface area contributed by atoms with E-state index in [1.54, 1.807) is 11.3 Å². The molecule has 0 spiro atoms. The normalized spacial score (nSPS) is 18.8. The Kier molecular flexibility index (Phi) is 3.79. The van der Waals surface area contributed by atoms with Crippen molar-refractivity contribution in [1.29, 1.82) is 0 Å². The van der Waals surface area contributed by atoms with Gasteiger partial charge in [-0.05, 0) is 45.4 Å². The van der Waals surface area contributed by atoms with E-state index in [1.807, 2.05) is 37.6 Å². The molecule has 5 nitrogen and oxygen atoms in total. The molecule has 6 heteroatoms. The molecular weight excluding hydrogens is 310 g/mol. The van der Waals surface area contributed by atoms with Crippen LogP contribution in [0.4, 0.5) is 0 Å². The van der Waals surface area contributed by atoms with Gasteiger partial charge in [0.1, 0.15) is 16.5 Å². The summed E-state index contributed by atoms with van der Waals surface area (Å²) in [4.78, 5) is 11.6. The maximum absolute atomic E-state index is 5.81. The van der Waals surface area contributed by atoms with Crippen LogP contribution in [0.1, 0.15) is 41.1 Å². The molecule has 120 valence electrons. The molecule has 0 aliphatic carbocycles. The van der Waals surface area contributed by atoms with Crippen LogP contribution in [0, 0.1) is 13.8 Å². The molecule has 1 saturated heterocycles. The van der Waals surface area contributed by atoms with E-state index in [0.717, 1.165) is 36.7 Å². The zero-order valence-corrected chi connectivity index (χ0v) is 14.1. The van der Waals surface area contributed by atoms with Crippen molar-refractivity contribution in [1.82, 2.24) is 14.9 Å². The minimum Gasteiger partial charge on any atom is -0.456 e. The summed E-state index contributed by atoms with van der Waals surface area (Å²) in [6.45, 7) is 5.75. The predicted octanol–water partition coefficient (Wildman–Crippen LogP) is 4.35. The first-order valence-corrected chi connectivity index (χ1v) is 8.75. The molecule has 0 amide bonds. The molecule has 0 bridgehead atoms. The molecule has 0 saturated carbocycles. The maximum atomic E-state index is 5.81. The van der Waals surface area contributed by atoms with E-state index < -0.39 is 0 Å². The van der Waals surface area contributed by atoms with Gasteiger partial charge in [-0.25, -0.2) is 9.97 Å². The first kappa shape index (κ1) is 14.7. The molecule has 0 aromatic carbocycles. The summed E-state index contributed by atoms with van der Waals surface area (Å²) in [6, 6.07) is 4.23. The molecule has 1 fully saturated rings. The van der Waals surface area contributed by atoms with Gasteiger partial charge in [0.25, 0.3) is 5.89 Å². The highest BCUT2D eigenvalue weighted by atomic mass is 32.1. The lowest BCUT2D eigenvalue weighted by molar-refractivity contribution is 0.244. The number of likely N-dealkylation sites (tertiary alicyclic amines) is 1. The first-order chi connectivity index (χ1) is 11.2. The van der Waals surface area contributed by atoms with E-state index in [0.29, 0.717) is 17.7 Å². The van der Waals surface area contributed by atoms with E-state index in [4.69, 9.17) is 8.83 Å². The SMILES string of the molecule is Cc1ccc(-c2nc(CN3CCCC3c3nccs3)c(C)o2)o1. The molecular formula is C17H19N3O2S. The van der Waals surface area contributed by atoms with Crippen LogP contribution >= 0.6 is 11.3 Å². The minimum absolute atomic E-state index is 0.403. The van der Waals surface area contributed by atoms with Gasteiger partial charge in [-0.1, -0.05) is 0 Å². The van der Waals surface area contributed by atoms with Crippen molar-refractivity contribution in [3.63, 3.8) is 0 Å². The Bertz CT molecular complexity index is 791. The zero-order valence-electron chi connectivity index (χ0n) is 13.3. The lowest BCUT2D eigenvalue weighted by Crippen LogP contribution is -2.23. The first-order valence-electron chi connectivity index (χ1n) is 7.87. The third-order valence-corrected chi connectivity index (χ3v) is 5.17. The second-order valence-corrected chi connectivity index (χ2v) is 6.86. The summed E-state index contributed by atoms with van der Waals surface area (Å²) in [5.74, 6) is 2.98. The Balaban J connectivity index is 1.56. The van der Waals surface area contributed by atoms with Gasteiger partial charge in [0.15, 0.2) is 5.76 Å². The second-order valence-electron chi connectivity index (χ2n) is 5.93. The largest absolute Gasteiger partial charge is 0.456 e. The summed E-state index contributed by atoms with van der Waals surface area (Å²) in [6.07, 6.45) is 4.25. The standard InChI is InChI=1S/C17H19N3O2S/c1-11-5-6-15(21-11)16-19-13(12(2)22-16)10-20-8-3-4-14(20)17-18-7-9-23-17/h5-7,9,14H,3-4,8,10H2,1-2H3. The lowest BCUT2D eigenvalue weighted by atomic mass is 10.2. The maximum Gasteiger partial charge on any atom is 0.263 e. The van der Waals surface area contributed by atoms with Gasteiger partial charge in [-0.3, -0.25) is 4.90 Å². The van der Waals surface area contributed by atoms with Gasteiger partial charge in [0.2, 0.25) is 0 Å². The molecule has 0 radical (unpaired) electrons. The molecule has 3 aromatic rings. The van der Waals surface area contributed by atoms with Gasteiger partial charge < -0.3 is 8.83 Å². The van der Waals surface area contributed by atoms with Crippen molar-refractivity contribution in [2.24, 2.45) is 0 Å². The molecule has 1 atom stereocenters. The smallest absolute Gasteiger partial charge is 0.263 e. The van der Waals surface area contributed by atoms with Gasteiger partial charge in [0.05, 0.1) is 11.7 Å². The van der Waals surface area contributed by atoms with Crippen LogP contribution in [0.15, 0.2) is 32.5 Å². The average Bonchev–Trinajstić information content (AvgIpc) is 3.28. The van der Waals surface area contributed by atoms with Gasteiger partial charge in [-0.2, -0.15) is 0 Å². The number of furan rings is 1. The van der Waals surface area contributed by atoms with Crippen molar-refractivity contribution in [2.75, 3.05) is 6.54 Å².